The van der Waals surface area contributed by atoms with Crippen LogP contribution in [0.1, 0.15) is 29.6 Å². The van der Waals surface area contributed by atoms with E-state index in [4.69, 9.17) is 17.3 Å². The number of rotatable bonds is 3. The van der Waals surface area contributed by atoms with E-state index in [0.29, 0.717) is 12.5 Å². The summed E-state index contributed by atoms with van der Waals surface area (Å²) in [7, 11) is 0. The van der Waals surface area contributed by atoms with Gasteiger partial charge in [0, 0.05) is 11.1 Å². The molecule has 1 amide bonds. The minimum absolute atomic E-state index is 0.0297. The van der Waals surface area contributed by atoms with Gasteiger partial charge < -0.3 is 11.1 Å². The molecule has 1 aromatic rings. The second-order valence-electron chi connectivity index (χ2n) is 4.63. The van der Waals surface area contributed by atoms with Crippen LogP contribution >= 0.6 is 11.6 Å². The lowest BCUT2D eigenvalue weighted by molar-refractivity contribution is 0.0924. The smallest absolute Gasteiger partial charge is 0.254 e. The van der Waals surface area contributed by atoms with Crippen LogP contribution in [-0.2, 0) is 0 Å². The summed E-state index contributed by atoms with van der Waals surface area (Å²) in [6.45, 7) is 0.550. The Morgan fingerprint density at radius 1 is 1.50 bits per heavy atom. The highest BCUT2D eigenvalue weighted by atomic mass is 35.5. The van der Waals surface area contributed by atoms with Gasteiger partial charge in [-0.25, -0.2) is 4.39 Å². The molecule has 1 saturated carbocycles. The van der Waals surface area contributed by atoms with Crippen molar-refractivity contribution in [2.24, 2.45) is 11.7 Å². The van der Waals surface area contributed by atoms with Crippen molar-refractivity contribution in [3.63, 3.8) is 0 Å². The molecule has 5 heteroatoms. The minimum Gasteiger partial charge on any atom is -0.349 e. The van der Waals surface area contributed by atoms with E-state index in [0.717, 1.165) is 25.3 Å². The van der Waals surface area contributed by atoms with Crippen molar-refractivity contribution in [1.82, 2.24) is 5.32 Å². The maximum absolute atomic E-state index is 13.6. The molecule has 1 aromatic carbocycles. The Hall–Kier alpha value is -1.13. The van der Waals surface area contributed by atoms with Crippen LogP contribution in [0.15, 0.2) is 18.2 Å². The maximum Gasteiger partial charge on any atom is 0.254 e. The number of hydrogen-bond acceptors (Lipinski definition) is 2. The Kier molecular flexibility index (Phi) is 4.19. The van der Waals surface area contributed by atoms with Crippen LogP contribution in [0.4, 0.5) is 4.39 Å². The first-order valence-electron chi connectivity index (χ1n) is 6.08. The van der Waals surface area contributed by atoms with E-state index in [-0.39, 0.29) is 16.6 Å². The first-order chi connectivity index (χ1) is 8.61. The molecule has 0 spiro atoms. The highest BCUT2D eigenvalue weighted by Gasteiger charge is 2.28. The molecule has 3 nitrogen and oxygen atoms in total. The zero-order valence-corrected chi connectivity index (χ0v) is 10.7. The average molecular weight is 271 g/mol. The summed E-state index contributed by atoms with van der Waals surface area (Å²) < 4.78 is 13.6. The Labute approximate surface area is 111 Å². The van der Waals surface area contributed by atoms with Crippen LogP contribution in [0, 0.1) is 11.7 Å². The summed E-state index contributed by atoms with van der Waals surface area (Å²) >= 11 is 5.65. The van der Waals surface area contributed by atoms with Crippen LogP contribution in [0.25, 0.3) is 0 Å². The average Bonchev–Trinajstić information content (AvgIpc) is 2.76. The molecule has 3 N–H and O–H groups in total. The molecule has 0 saturated heterocycles. The highest BCUT2D eigenvalue weighted by molar-refractivity contribution is 6.30. The van der Waals surface area contributed by atoms with Gasteiger partial charge in [0.2, 0.25) is 0 Å². The lowest BCUT2D eigenvalue weighted by Crippen LogP contribution is -2.40. The number of halogens is 2. The van der Waals surface area contributed by atoms with E-state index in [1.165, 1.54) is 12.1 Å². The number of nitrogens with two attached hydrogens (primary N) is 1. The number of carbonyl (C=O) groups is 1. The van der Waals surface area contributed by atoms with Gasteiger partial charge in [0.25, 0.3) is 5.91 Å². The van der Waals surface area contributed by atoms with Crippen molar-refractivity contribution in [2.45, 2.75) is 25.3 Å². The fraction of sp³-hybridized carbons (Fsp3) is 0.462. The van der Waals surface area contributed by atoms with Crippen molar-refractivity contribution in [1.29, 1.82) is 0 Å². The zero-order chi connectivity index (χ0) is 13.1. The normalized spacial score (nSPS) is 23.1. The van der Waals surface area contributed by atoms with E-state index in [1.54, 1.807) is 0 Å². The lowest BCUT2D eigenvalue weighted by atomic mass is 10.0. The summed E-state index contributed by atoms with van der Waals surface area (Å²) in [4.78, 5) is 12.0. The number of carbonyl (C=O) groups excluding carboxylic acids is 1. The predicted molar refractivity (Wildman–Crippen MR) is 69.1 cm³/mol. The number of hydrogen-bond donors (Lipinski definition) is 2. The van der Waals surface area contributed by atoms with Crippen LogP contribution in [0.2, 0.25) is 5.02 Å². The summed E-state index contributed by atoms with van der Waals surface area (Å²) in [5.41, 5.74) is 5.68. The summed E-state index contributed by atoms with van der Waals surface area (Å²) in [5, 5.41) is 3.14. The van der Waals surface area contributed by atoms with Gasteiger partial charge in [-0.05, 0) is 43.5 Å². The highest BCUT2D eigenvalue weighted by Crippen LogP contribution is 2.25. The van der Waals surface area contributed by atoms with Gasteiger partial charge in [-0.15, -0.1) is 0 Å². The van der Waals surface area contributed by atoms with Crippen molar-refractivity contribution < 1.29 is 9.18 Å². The van der Waals surface area contributed by atoms with Gasteiger partial charge in [-0.3, -0.25) is 4.79 Å². The topological polar surface area (TPSA) is 55.1 Å². The van der Waals surface area contributed by atoms with Crippen LogP contribution in [-0.4, -0.2) is 18.5 Å². The summed E-state index contributed by atoms with van der Waals surface area (Å²) in [5.74, 6) is -0.693. The molecule has 0 aliphatic heterocycles. The minimum atomic E-state index is -0.595. The molecule has 2 rings (SSSR count). The standard InChI is InChI=1S/C13H16ClFN2O/c14-9-4-5-10(11(15)6-9)13(18)17-12-3-1-2-8(12)7-16/h4-6,8,12H,1-3,7,16H2,(H,17,18). The van der Waals surface area contributed by atoms with Crippen LogP contribution in [0.3, 0.4) is 0 Å². The second kappa shape index (κ2) is 5.67. The fourth-order valence-corrected chi connectivity index (χ4v) is 2.59. The molecule has 98 valence electrons. The molecule has 18 heavy (non-hydrogen) atoms. The molecule has 0 radical (unpaired) electrons. The second-order valence-corrected chi connectivity index (χ2v) is 5.07. The molecule has 1 fully saturated rings. The Morgan fingerprint density at radius 3 is 2.94 bits per heavy atom. The van der Waals surface area contributed by atoms with Gasteiger partial charge in [-0.1, -0.05) is 18.0 Å². The molecule has 1 aliphatic rings. The Bertz CT molecular complexity index is 453. The predicted octanol–water partition coefficient (Wildman–Crippen LogP) is 2.34. The van der Waals surface area contributed by atoms with E-state index in [2.05, 4.69) is 5.32 Å². The Morgan fingerprint density at radius 2 is 2.28 bits per heavy atom. The summed E-state index contributed by atoms with van der Waals surface area (Å²) in [6.07, 6.45) is 2.98. The number of nitrogens with one attached hydrogen (secondary N) is 1. The van der Waals surface area contributed by atoms with Crippen molar-refractivity contribution >= 4 is 17.5 Å². The van der Waals surface area contributed by atoms with Crippen molar-refractivity contribution in [3.05, 3.63) is 34.6 Å². The first-order valence-corrected chi connectivity index (χ1v) is 6.45. The van der Waals surface area contributed by atoms with E-state index >= 15 is 0 Å². The largest absolute Gasteiger partial charge is 0.349 e. The fourth-order valence-electron chi connectivity index (χ4n) is 2.43. The van der Waals surface area contributed by atoms with Crippen LogP contribution < -0.4 is 11.1 Å². The quantitative estimate of drug-likeness (QED) is 0.886. The van der Waals surface area contributed by atoms with Gasteiger partial charge in [-0.2, -0.15) is 0 Å². The van der Waals surface area contributed by atoms with E-state index in [1.807, 2.05) is 0 Å². The zero-order valence-electron chi connectivity index (χ0n) is 9.96. The third kappa shape index (κ3) is 2.82. The van der Waals surface area contributed by atoms with Crippen LogP contribution in [0.5, 0.6) is 0 Å². The molecular weight excluding hydrogens is 255 g/mol. The van der Waals surface area contributed by atoms with Gasteiger partial charge in [0.05, 0.1) is 5.56 Å². The molecule has 0 aromatic heterocycles. The molecule has 0 bridgehead atoms. The van der Waals surface area contributed by atoms with Crippen molar-refractivity contribution in [2.75, 3.05) is 6.54 Å². The maximum atomic E-state index is 13.6. The molecule has 2 unspecified atom stereocenters. The number of benzene rings is 1. The van der Waals surface area contributed by atoms with Gasteiger partial charge in [0.1, 0.15) is 5.82 Å². The van der Waals surface area contributed by atoms with Crippen molar-refractivity contribution in [3.8, 4) is 0 Å². The van der Waals surface area contributed by atoms with Gasteiger partial charge >= 0.3 is 0 Å². The van der Waals surface area contributed by atoms with Gasteiger partial charge in [0.15, 0.2) is 0 Å². The summed E-state index contributed by atoms with van der Waals surface area (Å²) in [6, 6.07) is 4.11. The monoisotopic (exact) mass is 270 g/mol. The third-order valence-electron chi connectivity index (χ3n) is 3.45. The lowest BCUT2D eigenvalue weighted by Gasteiger charge is -2.19. The molecule has 2 atom stereocenters. The first kappa shape index (κ1) is 13.3. The Balaban J connectivity index is 2.07. The molecule has 0 heterocycles. The van der Waals surface area contributed by atoms with E-state index < -0.39 is 11.7 Å². The SMILES string of the molecule is NCC1CCCC1NC(=O)c1ccc(Cl)cc1F. The third-order valence-corrected chi connectivity index (χ3v) is 3.69. The van der Waals surface area contributed by atoms with E-state index in [9.17, 15) is 9.18 Å². The number of amides is 1. The molecular formula is C13H16ClFN2O. The molecule has 1 aliphatic carbocycles.